The fraction of sp³-hybridized carbons (Fsp3) is 0.350. The minimum absolute atomic E-state index is 0.0851. The van der Waals surface area contributed by atoms with Crippen molar-refractivity contribution in [2.24, 2.45) is 0 Å². The van der Waals surface area contributed by atoms with Crippen LogP contribution in [0.5, 0.6) is 0 Å². The summed E-state index contributed by atoms with van der Waals surface area (Å²) in [6.45, 7) is 5.91. The minimum atomic E-state index is -1.14. The Bertz CT molecular complexity index is 679. The maximum Gasteiger partial charge on any atom is 0.220 e. The molecular weight excluding hydrogens is 322 g/mol. The lowest BCUT2D eigenvalue weighted by atomic mass is 9.81. The molecule has 1 atom stereocenters. The molecule has 2 aromatic carbocycles. The van der Waals surface area contributed by atoms with Crippen molar-refractivity contribution in [3.8, 4) is 0 Å². The Labute approximate surface area is 148 Å². The molecule has 0 aromatic heterocycles. The number of aliphatic hydroxyl groups is 1. The first-order chi connectivity index (χ1) is 11.2. The Morgan fingerprint density at radius 1 is 1.00 bits per heavy atom. The first kappa shape index (κ1) is 18.5. The van der Waals surface area contributed by atoms with Crippen LogP contribution in [-0.4, -0.2) is 17.6 Å². The van der Waals surface area contributed by atoms with Crippen LogP contribution in [0.2, 0.25) is 5.02 Å². The zero-order chi connectivity index (χ0) is 17.8. The van der Waals surface area contributed by atoms with Crippen LogP contribution in [0.25, 0.3) is 0 Å². The lowest BCUT2D eigenvalue weighted by molar-refractivity contribution is -0.123. The zero-order valence-corrected chi connectivity index (χ0v) is 15.1. The van der Waals surface area contributed by atoms with Crippen LogP contribution in [-0.2, 0) is 15.8 Å². The number of halogens is 1. The topological polar surface area (TPSA) is 49.3 Å². The van der Waals surface area contributed by atoms with Gasteiger partial charge in [-0.1, -0.05) is 67.9 Å². The second kappa shape index (κ2) is 7.37. The van der Waals surface area contributed by atoms with Gasteiger partial charge in [0.1, 0.15) is 5.60 Å². The molecule has 1 amide bonds. The van der Waals surface area contributed by atoms with Gasteiger partial charge >= 0.3 is 0 Å². The van der Waals surface area contributed by atoms with Gasteiger partial charge in [0.25, 0.3) is 0 Å². The van der Waals surface area contributed by atoms with E-state index in [4.69, 9.17) is 11.6 Å². The van der Waals surface area contributed by atoms with Crippen molar-refractivity contribution in [2.75, 3.05) is 6.54 Å². The Kier molecular flexibility index (Phi) is 5.68. The molecule has 0 aliphatic heterocycles. The van der Waals surface area contributed by atoms with Crippen LogP contribution < -0.4 is 5.32 Å². The normalized spacial score (nSPS) is 14.0. The van der Waals surface area contributed by atoms with Gasteiger partial charge in [0.05, 0.1) is 6.54 Å². The van der Waals surface area contributed by atoms with Crippen LogP contribution in [0.3, 0.4) is 0 Å². The van der Waals surface area contributed by atoms with Crippen LogP contribution >= 0.6 is 11.6 Å². The fourth-order valence-corrected chi connectivity index (χ4v) is 2.76. The van der Waals surface area contributed by atoms with Gasteiger partial charge in [0, 0.05) is 11.4 Å². The van der Waals surface area contributed by atoms with Crippen molar-refractivity contribution >= 4 is 17.5 Å². The highest BCUT2D eigenvalue weighted by atomic mass is 35.5. The summed E-state index contributed by atoms with van der Waals surface area (Å²) in [4.78, 5) is 12.3. The molecule has 0 aliphatic carbocycles. The van der Waals surface area contributed by atoms with E-state index < -0.39 is 5.60 Å². The number of benzene rings is 2. The second-order valence-corrected chi connectivity index (χ2v) is 7.42. The van der Waals surface area contributed by atoms with E-state index in [2.05, 4.69) is 5.32 Å². The monoisotopic (exact) mass is 345 g/mol. The van der Waals surface area contributed by atoms with Gasteiger partial charge < -0.3 is 10.4 Å². The summed E-state index contributed by atoms with van der Waals surface area (Å²) in [7, 11) is 0. The molecule has 0 aliphatic rings. The number of hydrogen-bond donors (Lipinski definition) is 2. The quantitative estimate of drug-likeness (QED) is 0.830. The van der Waals surface area contributed by atoms with E-state index in [1.54, 1.807) is 31.2 Å². The van der Waals surface area contributed by atoms with E-state index in [-0.39, 0.29) is 17.9 Å². The molecule has 2 aromatic rings. The lowest BCUT2D eigenvalue weighted by Crippen LogP contribution is -2.40. The summed E-state index contributed by atoms with van der Waals surface area (Å²) in [6.07, 6.45) is 0.355. The van der Waals surface area contributed by atoms with Gasteiger partial charge in [-0.25, -0.2) is 0 Å². The number of carbonyl (C=O) groups is 1. The number of rotatable bonds is 6. The molecule has 3 nitrogen and oxygen atoms in total. The number of hydrogen-bond acceptors (Lipinski definition) is 2. The molecule has 2 N–H and O–H groups in total. The van der Waals surface area contributed by atoms with E-state index >= 15 is 0 Å². The predicted octanol–water partition coefficient (Wildman–Crippen LogP) is 4.03. The van der Waals surface area contributed by atoms with Crippen molar-refractivity contribution in [1.29, 1.82) is 0 Å². The molecule has 0 radical (unpaired) electrons. The summed E-state index contributed by atoms with van der Waals surface area (Å²) in [6, 6.07) is 16.9. The third kappa shape index (κ3) is 4.83. The molecular formula is C20H24ClNO2. The van der Waals surface area contributed by atoms with Crippen molar-refractivity contribution in [2.45, 2.75) is 38.2 Å². The SMILES string of the molecule is CC(C)(CC(=O)NCC(C)(O)c1ccc(Cl)cc1)c1ccccc1. The largest absolute Gasteiger partial charge is 0.384 e. The first-order valence-corrected chi connectivity index (χ1v) is 8.39. The van der Waals surface area contributed by atoms with Gasteiger partial charge in [0.2, 0.25) is 5.91 Å². The summed E-state index contributed by atoms with van der Waals surface area (Å²) < 4.78 is 0. The predicted molar refractivity (Wildman–Crippen MR) is 98.1 cm³/mol. The van der Waals surface area contributed by atoms with E-state index in [0.29, 0.717) is 11.4 Å². The molecule has 1 unspecified atom stereocenters. The fourth-order valence-electron chi connectivity index (χ4n) is 2.64. The van der Waals surface area contributed by atoms with E-state index in [0.717, 1.165) is 11.1 Å². The Morgan fingerprint density at radius 3 is 2.17 bits per heavy atom. The third-order valence-corrected chi connectivity index (χ3v) is 4.51. The van der Waals surface area contributed by atoms with Crippen molar-refractivity contribution in [3.05, 3.63) is 70.7 Å². The van der Waals surface area contributed by atoms with E-state index in [9.17, 15) is 9.90 Å². The average molecular weight is 346 g/mol. The Balaban J connectivity index is 1.96. The Hall–Kier alpha value is -1.84. The average Bonchev–Trinajstić information content (AvgIpc) is 2.54. The smallest absolute Gasteiger partial charge is 0.220 e. The van der Waals surface area contributed by atoms with Gasteiger partial charge in [-0.15, -0.1) is 0 Å². The molecule has 0 spiro atoms. The molecule has 0 bridgehead atoms. The molecule has 0 saturated heterocycles. The molecule has 2 rings (SSSR count). The maximum atomic E-state index is 12.3. The molecule has 24 heavy (non-hydrogen) atoms. The minimum Gasteiger partial charge on any atom is -0.384 e. The summed E-state index contributed by atoms with van der Waals surface area (Å²) in [5.41, 5.74) is 0.424. The zero-order valence-electron chi connectivity index (χ0n) is 14.3. The van der Waals surface area contributed by atoms with Gasteiger partial charge in [-0.3, -0.25) is 4.79 Å². The summed E-state index contributed by atoms with van der Waals surface area (Å²) in [5, 5.41) is 14.0. The van der Waals surface area contributed by atoms with E-state index in [1.165, 1.54) is 0 Å². The highest BCUT2D eigenvalue weighted by Gasteiger charge is 2.27. The molecule has 128 valence electrons. The van der Waals surface area contributed by atoms with Crippen LogP contribution in [0.4, 0.5) is 0 Å². The lowest BCUT2D eigenvalue weighted by Gasteiger charge is -2.27. The molecule has 4 heteroatoms. The van der Waals surface area contributed by atoms with Crippen LogP contribution in [0, 0.1) is 0 Å². The summed E-state index contributed by atoms with van der Waals surface area (Å²) >= 11 is 5.87. The van der Waals surface area contributed by atoms with Gasteiger partial charge in [-0.2, -0.15) is 0 Å². The molecule has 0 fully saturated rings. The maximum absolute atomic E-state index is 12.3. The number of carbonyl (C=O) groups excluding carboxylic acids is 1. The van der Waals surface area contributed by atoms with Gasteiger partial charge in [0.15, 0.2) is 0 Å². The van der Waals surface area contributed by atoms with Crippen molar-refractivity contribution < 1.29 is 9.90 Å². The van der Waals surface area contributed by atoms with Crippen molar-refractivity contribution in [3.63, 3.8) is 0 Å². The van der Waals surface area contributed by atoms with Crippen LogP contribution in [0.1, 0.15) is 38.3 Å². The molecule has 0 heterocycles. The number of nitrogens with one attached hydrogen (secondary N) is 1. The van der Waals surface area contributed by atoms with E-state index in [1.807, 2.05) is 44.2 Å². The number of amides is 1. The van der Waals surface area contributed by atoms with Crippen molar-refractivity contribution in [1.82, 2.24) is 5.32 Å². The standard InChI is InChI=1S/C20H24ClNO2/c1-19(2,15-7-5-4-6-8-15)13-18(23)22-14-20(3,24)16-9-11-17(21)12-10-16/h4-12,24H,13-14H2,1-3H3,(H,22,23). The first-order valence-electron chi connectivity index (χ1n) is 8.01. The molecule has 0 saturated carbocycles. The highest BCUT2D eigenvalue weighted by molar-refractivity contribution is 6.30. The van der Waals surface area contributed by atoms with Crippen LogP contribution in [0.15, 0.2) is 54.6 Å². The summed E-state index contributed by atoms with van der Waals surface area (Å²) in [5.74, 6) is -0.0851. The van der Waals surface area contributed by atoms with Gasteiger partial charge in [-0.05, 0) is 35.6 Å². The highest BCUT2D eigenvalue weighted by Crippen LogP contribution is 2.27. The Morgan fingerprint density at radius 2 is 1.58 bits per heavy atom. The second-order valence-electron chi connectivity index (χ2n) is 6.98. The third-order valence-electron chi connectivity index (χ3n) is 4.25.